The molecular weight excluding hydrogens is 496 g/mol. The highest BCUT2D eigenvalue weighted by molar-refractivity contribution is 9.10. The lowest BCUT2D eigenvalue weighted by molar-refractivity contribution is -0.142. The fourth-order valence-electron chi connectivity index (χ4n) is 3.63. The Morgan fingerprint density at radius 1 is 1.09 bits per heavy atom. The number of rotatable bonds is 11. The minimum Gasteiger partial charge on any atom is -0.497 e. The highest BCUT2D eigenvalue weighted by atomic mass is 79.9. The van der Waals surface area contributed by atoms with Crippen molar-refractivity contribution in [3.05, 3.63) is 70.7 Å². The largest absolute Gasteiger partial charge is 0.497 e. The van der Waals surface area contributed by atoms with E-state index in [0.717, 1.165) is 33.7 Å². The number of hydrogen-bond acceptors (Lipinski definition) is 4. The molecule has 0 aromatic heterocycles. The zero-order chi connectivity index (χ0) is 24.5. The van der Waals surface area contributed by atoms with Crippen LogP contribution in [-0.4, -0.2) is 43.0 Å². The third-order valence-electron chi connectivity index (χ3n) is 5.66. The summed E-state index contributed by atoms with van der Waals surface area (Å²) in [7, 11) is 1.60. The van der Waals surface area contributed by atoms with Crippen LogP contribution in [-0.2, 0) is 16.1 Å². The summed E-state index contributed by atoms with van der Waals surface area (Å²) in [6, 6.07) is 18.6. The number of nitrogens with zero attached hydrogens (tertiary/aromatic N) is 1. The van der Waals surface area contributed by atoms with Crippen molar-refractivity contribution in [3.8, 4) is 11.5 Å². The lowest BCUT2D eigenvalue weighted by Gasteiger charge is -2.29. The summed E-state index contributed by atoms with van der Waals surface area (Å²) in [5, 5.41) is 5.00. The molecule has 0 fully saturated rings. The molecule has 0 unspecified atom stereocenters. The normalized spacial score (nSPS) is 11.6. The molecule has 6 nitrogen and oxygen atoms in total. The van der Waals surface area contributed by atoms with Gasteiger partial charge in [0.2, 0.25) is 5.91 Å². The fraction of sp³-hybridized carbons (Fsp3) is 0.333. The van der Waals surface area contributed by atoms with E-state index in [1.54, 1.807) is 18.9 Å². The Kier molecular flexibility index (Phi) is 9.33. The van der Waals surface area contributed by atoms with Crippen LogP contribution in [0.1, 0.15) is 32.3 Å². The van der Waals surface area contributed by atoms with Gasteiger partial charge in [-0.3, -0.25) is 9.59 Å². The van der Waals surface area contributed by atoms with Crippen molar-refractivity contribution >= 4 is 38.5 Å². The van der Waals surface area contributed by atoms with Gasteiger partial charge in [-0.25, -0.2) is 0 Å². The smallest absolute Gasteiger partial charge is 0.261 e. The Hall–Kier alpha value is -3.06. The van der Waals surface area contributed by atoms with Gasteiger partial charge in [-0.15, -0.1) is 0 Å². The number of amides is 2. The first-order chi connectivity index (χ1) is 16.4. The number of fused-ring (bicyclic) bond motifs is 1. The number of carbonyl (C=O) groups excluding carboxylic acids is 2. The van der Waals surface area contributed by atoms with Gasteiger partial charge in [0.05, 0.1) is 11.6 Å². The summed E-state index contributed by atoms with van der Waals surface area (Å²) in [4.78, 5) is 27.6. The van der Waals surface area contributed by atoms with Crippen molar-refractivity contribution in [3.63, 3.8) is 0 Å². The predicted octanol–water partition coefficient (Wildman–Crippen LogP) is 5.32. The van der Waals surface area contributed by atoms with Crippen LogP contribution in [0.25, 0.3) is 10.8 Å². The van der Waals surface area contributed by atoms with Gasteiger partial charge in [0.1, 0.15) is 17.5 Å². The van der Waals surface area contributed by atoms with E-state index in [-0.39, 0.29) is 25.0 Å². The van der Waals surface area contributed by atoms with Crippen LogP contribution in [0.3, 0.4) is 0 Å². The molecule has 0 aliphatic carbocycles. The number of benzene rings is 3. The van der Waals surface area contributed by atoms with E-state index >= 15 is 0 Å². The van der Waals surface area contributed by atoms with E-state index in [0.29, 0.717) is 18.0 Å². The van der Waals surface area contributed by atoms with Crippen molar-refractivity contribution < 1.29 is 19.1 Å². The average molecular weight is 527 g/mol. The average Bonchev–Trinajstić information content (AvgIpc) is 2.86. The molecule has 34 heavy (non-hydrogen) atoms. The Balaban J connectivity index is 1.77. The van der Waals surface area contributed by atoms with Gasteiger partial charge in [-0.2, -0.15) is 0 Å². The van der Waals surface area contributed by atoms with Crippen LogP contribution < -0.4 is 14.8 Å². The third kappa shape index (κ3) is 6.50. The number of methoxy groups -OCH3 is 1. The maximum Gasteiger partial charge on any atom is 0.261 e. The first-order valence-electron chi connectivity index (χ1n) is 11.4. The first-order valence-corrected chi connectivity index (χ1v) is 12.2. The van der Waals surface area contributed by atoms with Gasteiger partial charge in [0, 0.05) is 13.1 Å². The van der Waals surface area contributed by atoms with Crippen LogP contribution in [0.15, 0.2) is 65.1 Å². The van der Waals surface area contributed by atoms with Gasteiger partial charge in [-0.05, 0) is 63.8 Å². The molecule has 3 rings (SSSR count). The van der Waals surface area contributed by atoms with E-state index < -0.39 is 6.04 Å². The van der Waals surface area contributed by atoms with Crippen molar-refractivity contribution in [1.82, 2.24) is 10.2 Å². The van der Waals surface area contributed by atoms with E-state index in [9.17, 15) is 9.59 Å². The van der Waals surface area contributed by atoms with Crippen molar-refractivity contribution in [2.24, 2.45) is 0 Å². The second-order valence-electron chi connectivity index (χ2n) is 8.08. The predicted molar refractivity (Wildman–Crippen MR) is 138 cm³/mol. The molecular formula is C27H31BrN2O4. The zero-order valence-electron chi connectivity index (χ0n) is 19.8. The zero-order valence-corrected chi connectivity index (χ0v) is 21.4. The molecule has 2 amide bonds. The number of unbranched alkanes of at least 4 members (excludes halogenated alkanes) is 1. The van der Waals surface area contributed by atoms with Gasteiger partial charge in [-0.1, -0.05) is 55.8 Å². The molecule has 7 heteroatoms. The Bertz CT molecular complexity index is 1130. The Morgan fingerprint density at radius 3 is 2.65 bits per heavy atom. The Morgan fingerprint density at radius 2 is 1.88 bits per heavy atom. The number of carbonyl (C=O) groups is 2. The van der Waals surface area contributed by atoms with Gasteiger partial charge < -0.3 is 19.7 Å². The monoisotopic (exact) mass is 526 g/mol. The second kappa shape index (κ2) is 12.4. The molecule has 1 atom stereocenters. The SMILES string of the molecule is CCCCNC(=O)[C@@H](C)N(Cc1cccc(OC)c1)C(=O)COc1ccc2ccccc2c1Br. The molecule has 180 valence electrons. The van der Waals surface area contributed by atoms with Crippen molar-refractivity contribution in [2.75, 3.05) is 20.3 Å². The standard InChI is InChI=1S/C27H31BrN2O4/c1-4-5-15-29-27(32)19(2)30(17-20-9-8-11-22(16-20)33-3)25(31)18-34-24-14-13-21-10-6-7-12-23(21)26(24)28/h6-14,16,19H,4-5,15,17-18H2,1-3H3,(H,29,32)/t19-/m1/s1. The highest BCUT2D eigenvalue weighted by Gasteiger charge is 2.26. The summed E-state index contributed by atoms with van der Waals surface area (Å²) in [5.74, 6) is 0.812. The minimum atomic E-state index is -0.654. The first kappa shape index (κ1) is 25.6. The maximum atomic E-state index is 13.3. The third-order valence-corrected chi connectivity index (χ3v) is 6.48. The summed E-state index contributed by atoms with van der Waals surface area (Å²) in [6.07, 6.45) is 1.87. The number of nitrogens with one attached hydrogen (secondary N) is 1. The maximum absolute atomic E-state index is 13.3. The van der Waals surface area contributed by atoms with Crippen LogP contribution in [0, 0.1) is 0 Å². The lowest BCUT2D eigenvalue weighted by atomic mass is 10.1. The quantitative estimate of drug-likeness (QED) is 0.343. The van der Waals surface area contributed by atoms with E-state index in [1.807, 2.05) is 60.7 Å². The highest BCUT2D eigenvalue weighted by Crippen LogP contribution is 2.33. The number of hydrogen-bond donors (Lipinski definition) is 1. The summed E-state index contributed by atoms with van der Waals surface area (Å²) in [6.45, 7) is 4.47. The van der Waals surface area contributed by atoms with Gasteiger partial charge in [0.15, 0.2) is 6.61 Å². The molecule has 0 spiro atoms. The lowest BCUT2D eigenvalue weighted by Crippen LogP contribution is -2.49. The fourth-order valence-corrected chi connectivity index (χ4v) is 4.24. The van der Waals surface area contributed by atoms with Gasteiger partial charge >= 0.3 is 0 Å². The molecule has 0 aliphatic rings. The minimum absolute atomic E-state index is 0.184. The molecule has 3 aromatic carbocycles. The van der Waals surface area contributed by atoms with Crippen LogP contribution in [0.2, 0.25) is 0 Å². The number of halogens is 1. The number of ether oxygens (including phenoxy) is 2. The van der Waals surface area contributed by atoms with Crippen LogP contribution in [0.4, 0.5) is 0 Å². The molecule has 0 saturated heterocycles. The molecule has 0 heterocycles. The summed E-state index contributed by atoms with van der Waals surface area (Å²) >= 11 is 3.60. The van der Waals surface area contributed by atoms with Gasteiger partial charge in [0.25, 0.3) is 5.91 Å². The molecule has 0 radical (unpaired) electrons. The molecule has 0 bridgehead atoms. The Labute approximate surface area is 209 Å². The molecule has 3 aromatic rings. The van der Waals surface area contributed by atoms with E-state index in [4.69, 9.17) is 9.47 Å². The van der Waals surface area contributed by atoms with Crippen molar-refractivity contribution in [2.45, 2.75) is 39.3 Å². The second-order valence-corrected chi connectivity index (χ2v) is 8.87. The van der Waals surface area contributed by atoms with Crippen LogP contribution in [0.5, 0.6) is 11.5 Å². The summed E-state index contributed by atoms with van der Waals surface area (Å²) in [5.41, 5.74) is 0.868. The molecule has 0 saturated carbocycles. The van der Waals surface area contributed by atoms with E-state index in [1.165, 1.54) is 0 Å². The van der Waals surface area contributed by atoms with Crippen LogP contribution >= 0.6 is 15.9 Å². The van der Waals surface area contributed by atoms with Crippen molar-refractivity contribution in [1.29, 1.82) is 0 Å². The van der Waals surface area contributed by atoms with E-state index in [2.05, 4.69) is 28.2 Å². The topological polar surface area (TPSA) is 67.9 Å². The molecule has 1 N–H and O–H groups in total. The summed E-state index contributed by atoms with van der Waals surface area (Å²) < 4.78 is 12.0. The molecule has 0 aliphatic heterocycles.